The second kappa shape index (κ2) is 9.02. The van der Waals surface area contributed by atoms with E-state index in [1.54, 1.807) is 13.8 Å². The summed E-state index contributed by atoms with van der Waals surface area (Å²) >= 11 is 0. The molecule has 0 saturated heterocycles. The molecular formula is C5H11LiO5P+. The molecule has 1 unspecified atom stereocenters. The van der Waals surface area contributed by atoms with Gasteiger partial charge in [-0.15, -0.1) is 9.05 Å². The van der Waals surface area contributed by atoms with E-state index in [0.717, 1.165) is 0 Å². The summed E-state index contributed by atoms with van der Waals surface area (Å²) in [5, 5.41) is 0. The maximum absolute atomic E-state index is 10.5. The minimum absolute atomic E-state index is 0. The van der Waals surface area contributed by atoms with E-state index >= 15 is 0 Å². The summed E-state index contributed by atoms with van der Waals surface area (Å²) in [6, 6.07) is 0. The summed E-state index contributed by atoms with van der Waals surface area (Å²) in [7, 11) is -2.36. The van der Waals surface area contributed by atoms with Gasteiger partial charge >= 0.3 is 33.3 Å². The first-order chi connectivity index (χ1) is 5.20. The maximum Gasteiger partial charge on any atom is 1.00 e. The van der Waals surface area contributed by atoms with E-state index in [9.17, 15) is 9.36 Å². The molecule has 66 valence electrons. The van der Waals surface area contributed by atoms with Crippen LogP contribution in [0.15, 0.2) is 0 Å². The Bertz CT molecular complexity index is 140. The van der Waals surface area contributed by atoms with Crippen molar-refractivity contribution in [3.63, 3.8) is 0 Å². The van der Waals surface area contributed by atoms with Crippen molar-refractivity contribution < 1.29 is 43.4 Å². The molecule has 0 radical (unpaired) electrons. The Morgan fingerprint density at radius 3 is 2.42 bits per heavy atom. The molecular weight excluding hydrogens is 178 g/mol. The molecule has 0 amide bonds. The summed E-state index contributed by atoms with van der Waals surface area (Å²) in [6.07, 6.45) is -0.970. The van der Waals surface area contributed by atoms with Crippen LogP contribution in [0.5, 0.6) is 0 Å². The fourth-order valence-electron chi connectivity index (χ4n) is 0.337. The topological polar surface area (TPSA) is 61.8 Å². The predicted octanol–water partition coefficient (Wildman–Crippen LogP) is -1.03. The third-order valence-electron chi connectivity index (χ3n) is 0.646. The van der Waals surface area contributed by atoms with Crippen LogP contribution < -0.4 is 18.9 Å². The molecule has 0 spiro atoms. The van der Waals surface area contributed by atoms with Crippen LogP contribution in [0.2, 0.25) is 0 Å². The summed E-state index contributed by atoms with van der Waals surface area (Å²) in [6.45, 7) is 3.68. The van der Waals surface area contributed by atoms with Crippen LogP contribution in [-0.4, -0.2) is 19.4 Å². The Balaban J connectivity index is -0.000000500. The first-order valence-electron chi connectivity index (χ1n) is 3.15. The van der Waals surface area contributed by atoms with Gasteiger partial charge in [-0.05, 0) is 13.8 Å². The van der Waals surface area contributed by atoms with E-state index in [0.29, 0.717) is 0 Å². The molecule has 0 fully saturated rings. The van der Waals surface area contributed by atoms with Gasteiger partial charge in [0.1, 0.15) is 6.61 Å². The zero-order chi connectivity index (χ0) is 8.69. The first-order valence-corrected chi connectivity index (χ1v) is 4.25. The van der Waals surface area contributed by atoms with Crippen molar-refractivity contribution in [1.29, 1.82) is 0 Å². The normalized spacial score (nSPS) is 9.67. The van der Waals surface area contributed by atoms with Gasteiger partial charge in [-0.3, -0.25) is 0 Å². The minimum Gasteiger partial charge on any atom is -1.00 e. The summed E-state index contributed by atoms with van der Waals surface area (Å²) < 4.78 is 23.5. The van der Waals surface area contributed by atoms with Crippen LogP contribution in [0.4, 0.5) is 4.79 Å². The van der Waals surface area contributed by atoms with Gasteiger partial charge in [0.25, 0.3) is 0 Å². The Hall–Kier alpha value is -0.0726. The third-order valence-corrected chi connectivity index (χ3v) is 1.41. The molecule has 0 saturated carbocycles. The summed E-state index contributed by atoms with van der Waals surface area (Å²) in [5.74, 6) is 0. The number of carbonyl (C=O) groups excluding carboxylic acids is 1. The largest absolute Gasteiger partial charge is 1.00 e. The van der Waals surface area contributed by atoms with Crippen molar-refractivity contribution >= 4 is 14.4 Å². The van der Waals surface area contributed by atoms with Crippen LogP contribution in [0.3, 0.4) is 0 Å². The molecule has 0 aliphatic rings. The van der Waals surface area contributed by atoms with E-state index in [2.05, 4.69) is 13.8 Å². The molecule has 0 aliphatic carbocycles. The fourth-order valence-corrected chi connectivity index (χ4v) is 0.775. The van der Waals surface area contributed by atoms with Crippen LogP contribution in [0.25, 0.3) is 0 Å². The van der Waals surface area contributed by atoms with Crippen LogP contribution in [-0.2, 0) is 18.3 Å². The SMILES string of the molecule is CCOC(=O)O[P+](=O)OCC.[H-].[Li+]. The average Bonchev–Trinajstić information content (AvgIpc) is 1.87. The monoisotopic (exact) mass is 189 g/mol. The second-order valence-corrected chi connectivity index (χ2v) is 2.30. The zero-order valence-corrected chi connectivity index (χ0v) is 8.30. The Morgan fingerprint density at radius 2 is 2.00 bits per heavy atom. The number of hydrogen-bond acceptors (Lipinski definition) is 5. The van der Waals surface area contributed by atoms with E-state index in [-0.39, 0.29) is 33.5 Å². The average molecular weight is 189 g/mol. The molecule has 0 N–H and O–H groups in total. The molecule has 0 aromatic heterocycles. The van der Waals surface area contributed by atoms with Crippen LogP contribution >= 0.6 is 8.25 Å². The van der Waals surface area contributed by atoms with Crippen molar-refractivity contribution in [2.24, 2.45) is 0 Å². The number of rotatable bonds is 4. The van der Waals surface area contributed by atoms with Gasteiger partial charge in [-0.1, -0.05) is 0 Å². The molecule has 5 nitrogen and oxygen atoms in total. The molecule has 1 atom stereocenters. The molecule has 12 heavy (non-hydrogen) atoms. The smallest absolute Gasteiger partial charge is 1.00 e. The minimum atomic E-state index is -2.36. The zero-order valence-electron chi connectivity index (χ0n) is 8.40. The maximum atomic E-state index is 10.5. The standard InChI is InChI=1S/C5H10O5P.Li.H/c1-3-8-5(6)10-11(7)9-4-2;;/h3-4H2,1-2H3;;/q2*+1;-1. The second-order valence-electron chi connectivity index (χ2n) is 1.42. The van der Waals surface area contributed by atoms with Gasteiger partial charge in [0.2, 0.25) is 0 Å². The van der Waals surface area contributed by atoms with Gasteiger partial charge in [0.15, 0.2) is 0 Å². The van der Waals surface area contributed by atoms with Gasteiger partial charge in [0.05, 0.1) is 6.61 Å². The molecule has 0 aliphatic heterocycles. The van der Waals surface area contributed by atoms with E-state index < -0.39 is 14.4 Å². The molecule has 0 rings (SSSR count). The fraction of sp³-hybridized carbons (Fsp3) is 0.800. The number of ether oxygens (including phenoxy) is 1. The number of carbonyl (C=O) groups is 1. The van der Waals surface area contributed by atoms with E-state index in [1.807, 2.05) is 0 Å². The van der Waals surface area contributed by atoms with Crippen molar-refractivity contribution in [2.75, 3.05) is 13.2 Å². The summed E-state index contributed by atoms with van der Waals surface area (Å²) in [4.78, 5) is 10.4. The van der Waals surface area contributed by atoms with E-state index in [4.69, 9.17) is 0 Å². The van der Waals surface area contributed by atoms with Gasteiger partial charge in [0, 0.05) is 4.57 Å². The van der Waals surface area contributed by atoms with E-state index in [1.165, 1.54) is 0 Å². The molecule has 0 heterocycles. The Kier molecular flexibility index (Phi) is 10.9. The molecule has 0 bridgehead atoms. The number of hydrogen-bond donors (Lipinski definition) is 0. The van der Waals surface area contributed by atoms with Crippen molar-refractivity contribution in [3.05, 3.63) is 0 Å². The van der Waals surface area contributed by atoms with Gasteiger partial charge < -0.3 is 6.16 Å². The Morgan fingerprint density at radius 1 is 1.42 bits per heavy atom. The van der Waals surface area contributed by atoms with Gasteiger partial charge in [-0.25, -0.2) is 0 Å². The quantitative estimate of drug-likeness (QED) is 0.321. The molecule has 7 heteroatoms. The molecule has 0 aromatic rings. The van der Waals surface area contributed by atoms with Gasteiger partial charge in [-0.2, -0.15) is 4.79 Å². The van der Waals surface area contributed by atoms with Crippen molar-refractivity contribution in [2.45, 2.75) is 13.8 Å². The third kappa shape index (κ3) is 8.03. The van der Waals surface area contributed by atoms with Crippen LogP contribution in [0.1, 0.15) is 15.3 Å². The van der Waals surface area contributed by atoms with Crippen molar-refractivity contribution in [3.8, 4) is 0 Å². The van der Waals surface area contributed by atoms with Crippen LogP contribution in [0, 0.1) is 0 Å². The summed E-state index contributed by atoms with van der Waals surface area (Å²) in [5.41, 5.74) is 0. The first kappa shape index (κ1) is 14.5. The molecule has 0 aromatic carbocycles. The van der Waals surface area contributed by atoms with Crippen molar-refractivity contribution in [1.82, 2.24) is 0 Å². The predicted molar refractivity (Wildman–Crippen MR) is 38.5 cm³/mol. The Labute approximate surface area is 85.4 Å².